The number of amides is 1. The van der Waals surface area contributed by atoms with E-state index in [0.717, 1.165) is 42.1 Å². The maximum absolute atomic E-state index is 13.2. The predicted molar refractivity (Wildman–Crippen MR) is 112 cm³/mol. The van der Waals surface area contributed by atoms with E-state index in [1.165, 1.54) is 0 Å². The highest BCUT2D eigenvalue weighted by atomic mass is 16.2. The van der Waals surface area contributed by atoms with Crippen molar-refractivity contribution in [1.82, 2.24) is 9.80 Å². The van der Waals surface area contributed by atoms with E-state index >= 15 is 0 Å². The van der Waals surface area contributed by atoms with Crippen LogP contribution in [0.4, 0.5) is 11.4 Å². The van der Waals surface area contributed by atoms with Gasteiger partial charge >= 0.3 is 0 Å². The van der Waals surface area contributed by atoms with E-state index in [2.05, 4.69) is 53.2 Å². The lowest BCUT2D eigenvalue weighted by Gasteiger charge is -2.39. The smallest absolute Gasteiger partial charge is 0.257 e. The Hall–Kier alpha value is -2.53. The third-order valence-electron chi connectivity index (χ3n) is 5.30. The zero-order chi connectivity index (χ0) is 19.4. The monoisotopic (exact) mass is 366 g/mol. The first-order valence-corrected chi connectivity index (χ1v) is 9.71. The van der Waals surface area contributed by atoms with Gasteiger partial charge in [0.05, 0.1) is 5.56 Å². The molecule has 1 N–H and O–H groups in total. The highest BCUT2D eigenvalue weighted by Gasteiger charge is 2.32. The maximum Gasteiger partial charge on any atom is 0.257 e. The summed E-state index contributed by atoms with van der Waals surface area (Å²) in [5.74, 6) is 0.0955. The molecule has 1 atom stereocenters. The number of likely N-dealkylation sites (N-methyl/N-ethyl adjacent to an activating group) is 1. The summed E-state index contributed by atoms with van der Waals surface area (Å²) in [6.07, 6.45) is -0.154. The Balaban J connectivity index is 1.91. The number of para-hydroxylation sites is 1. The van der Waals surface area contributed by atoms with Crippen LogP contribution in [-0.2, 0) is 0 Å². The van der Waals surface area contributed by atoms with E-state index in [1.807, 2.05) is 43.3 Å². The quantitative estimate of drug-likeness (QED) is 0.812. The minimum absolute atomic E-state index is 0.0955. The summed E-state index contributed by atoms with van der Waals surface area (Å²) in [5.41, 5.74) is 3.90. The summed E-state index contributed by atoms with van der Waals surface area (Å²) in [4.78, 5) is 19.6. The average molecular weight is 367 g/mol. The number of nitrogens with zero attached hydrogens (tertiary/aromatic N) is 3. The molecule has 0 bridgehead atoms. The number of rotatable bonds is 7. The lowest BCUT2D eigenvalue weighted by atomic mass is 10.0. The van der Waals surface area contributed by atoms with Gasteiger partial charge < -0.3 is 20.0 Å². The van der Waals surface area contributed by atoms with Gasteiger partial charge in [-0.3, -0.25) is 4.79 Å². The van der Waals surface area contributed by atoms with Crippen LogP contribution in [0.1, 0.15) is 35.9 Å². The number of fused-ring (bicyclic) bond motifs is 1. The molecule has 3 rings (SSSR count). The van der Waals surface area contributed by atoms with Gasteiger partial charge in [0.1, 0.15) is 6.17 Å². The zero-order valence-corrected chi connectivity index (χ0v) is 16.8. The first-order chi connectivity index (χ1) is 13.0. The third kappa shape index (κ3) is 4.08. The molecule has 1 heterocycles. The van der Waals surface area contributed by atoms with E-state index in [9.17, 15) is 4.79 Å². The van der Waals surface area contributed by atoms with Crippen LogP contribution in [-0.4, -0.2) is 56.0 Å². The topological polar surface area (TPSA) is 38.8 Å². The molecule has 1 aliphatic heterocycles. The van der Waals surface area contributed by atoms with Crippen LogP contribution in [0.25, 0.3) is 0 Å². The largest absolute Gasteiger partial charge is 0.378 e. The molecule has 0 spiro atoms. The van der Waals surface area contributed by atoms with E-state index in [-0.39, 0.29) is 12.1 Å². The third-order valence-corrected chi connectivity index (χ3v) is 5.30. The number of carbonyl (C=O) groups is 1. The number of nitrogens with one attached hydrogen (secondary N) is 1. The van der Waals surface area contributed by atoms with Crippen molar-refractivity contribution in [1.29, 1.82) is 0 Å². The number of hydrogen-bond donors (Lipinski definition) is 1. The molecule has 0 saturated carbocycles. The van der Waals surface area contributed by atoms with Gasteiger partial charge in [-0.15, -0.1) is 0 Å². The first kappa shape index (κ1) is 19.2. The normalized spacial score (nSPS) is 16.3. The molecule has 0 fully saturated rings. The van der Waals surface area contributed by atoms with Gasteiger partial charge in [-0.25, -0.2) is 0 Å². The van der Waals surface area contributed by atoms with Crippen LogP contribution in [0.5, 0.6) is 0 Å². The minimum atomic E-state index is -0.154. The summed E-state index contributed by atoms with van der Waals surface area (Å²) >= 11 is 0. The Morgan fingerprint density at radius 3 is 2.30 bits per heavy atom. The van der Waals surface area contributed by atoms with Crippen molar-refractivity contribution in [2.45, 2.75) is 20.0 Å². The SMILES string of the molecule is CCN(CC)CCN1C(=O)c2ccccc2N[C@H]1c1ccc(N(C)C)cc1. The molecule has 5 heteroatoms. The number of benzene rings is 2. The molecule has 1 amide bonds. The molecule has 1 aliphatic rings. The Morgan fingerprint density at radius 1 is 1.00 bits per heavy atom. The Morgan fingerprint density at radius 2 is 1.67 bits per heavy atom. The molecule has 144 valence electrons. The van der Waals surface area contributed by atoms with E-state index in [4.69, 9.17) is 0 Å². The van der Waals surface area contributed by atoms with Crippen molar-refractivity contribution in [2.75, 3.05) is 50.5 Å². The molecule has 0 saturated heterocycles. The molecule has 27 heavy (non-hydrogen) atoms. The summed E-state index contributed by atoms with van der Waals surface area (Å²) in [6.45, 7) is 7.87. The molecular weight excluding hydrogens is 336 g/mol. The fraction of sp³-hybridized carbons (Fsp3) is 0.409. The lowest BCUT2D eigenvalue weighted by molar-refractivity contribution is 0.0660. The fourth-order valence-electron chi connectivity index (χ4n) is 3.53. The number of carbonyl (C=O) groups excluding carboxylic acids is 1. The zero-order valence-electron chi connectivity index (χ0n) is 16.8. The van der Waals surface area contributed by atoms with Crippen LogP contribution in [0, 0.1) is 0 Å². The molecule has 5 nitrogen and oxygen atoms in total. The van der Waals surface area contributed by atoms with Gasteiger partial charge in [-0.1, -0.05) is 38.1 Å². The molecule has 0 aromatic heterocycles. The van der Waals surface area contributed by atoms with Gasteiger partial charge in [0.25, 0.3) is 5.91 Å². The highest BCUT2D eigenvalue weighted by Crippen LogP contribution is 2.33. The van der Waals surface area contributed by atoms with Crippen LogP contribution in [0.3, 0.4) is 0 Å². The van der Waals surface area contributed by atoms with Crippen molar-refractivity contribution in [2.24, 2.45) is 0 Å². The fourth-order valence-corrected chi connectivity index (χ4v) is 3.53. The molecule has 2 aromatic rings. The Labute approximate surface area is 162 Å². The van der Waals surface area contributed by atoms with Crippen LogP contribution in [0.15, 0.2) is 48.5 Å². The van der Waals surface area contributed by atoms with Gasteiger partial charge in [-0.05, 0) is 42.9 Å². The summed E-state index contributed by atoms with van der Waals surface area (Å²) < 4.78 is 0. The second-order valence-electron chi connectivity index (χ2n) is 7.10. The van der Waals surface area contributed by atoms with Gasteiger partial charge in [0.2, 0.25) is 0 Å². The molecule has 2 aromatic carbocycles. The first-order valence-electron chi connectivity index (χ1n) is 9.71. The summed E-state index contributed by atoms with van der Waals surface area (Å²) in [5, 5.41) is 3.58. The standard InChI is InChI=1S/C22H30N4O/c1-5-25(6-2)15-16-26-21(17-11-13-18(14-12-17)24(3)4)23-20-10-8-7-9-19(20)22(26)27/h7-14,21,23H,5-6,15-16H2,1-4H3/t21-/m1/s1. The van der Waals surface area contributed by atoms with Gasteiger partial charge in [-0.2, -0.15) is 0 Å². The maximum atomic E-state index is 13.2. The minimum Gasteiger partial charge on any atom is -0.378 e. The Bertz CT molecular complexity index is 768. The van der Waals surface area contributed by atoms with Crippen LogP contribution < -0.4 is 10.2 Å². The molecule has 0 radical (unpaired) electrons. The van der Waals surface area contributed by atoms with Crippen molar-refractivity contribution in [3.63, 3.8) is 0 Å². The van der Waals surface area contributed by atoms with Crippen LogP contribution in [0.2, 0.25) is 0 Å². The molecular formula is C22H30N4O. The lowest BCUT2D eigenvalue weighted by Crippen LogP contribution is -2.46. The van der Waals surface area contributed by atoms with E-state index in [0.29, 0.717) is 6.54 Å². The molecule has 0 aliphatic carbocycles. The summed E-state index contributed by atoms with van der Waals surface area (Å²) in [7, 11) is 4.06. The Kier molecular flexibility index (Phi) is 6.01. The second-order valence-corrected chi connectivity index (χ2v) is 7.10. The van der Waals surface area contributed by atoms with Crippen molar-refractivity contribution < 1.29 is 4.79 Å². The summed E-state index contributed by atoms with van der Waals surface area (Å²) in [6, 6.07) is 16.2. The number of hydrogen-bond acceptors (Lipinski definition) is 4. The predicted octanol–water partition coefficient (Wildman–Crippen LogP) is 3.66. The van der Waals surface area contributed by atoms with E-state index < -0.39 is 0 Å². The highest BCUT2D eigenvalue weighted by molar-refractivity contribution is 6.01. The van der Waals surface area contributed by atoms with Crippen molar-refractivity contribution >= 4 is 17.3 Å². The average Bonchev–Trinajstić information content (AvgIpc) is 2.70. The van der Waals surface area contributed by atoms with Crippen molar-refractivity contribution in [3.05, 3.63) is 59.7 Å². The second kappa shape index (κ2) is 8.44. The van der Waals surface area contributed by atoms with Gasteiger partial charge in [0, 0.05) is 38.6 Å². The van der Waals surface area contributed by atoms with Crippen LogP contribution >= 0.6 is 0 Å². The van der Waals surface area contributed by atoms with E-state index in [1.54, 1.807) is 0 Å². The number of anilines is 2. The van der Waals surface area contributed by atoms with Gasteiger partial charge in [0.15, 0.2) is 0 Å². The molecule has 0 unspecified atom stereocenters. The van der Waals surface area contributed by atoms with Crippen molar-refractivity contribution in [3.8, 4) is 0 Å².